The lowest BCUT2D eigenvalue weighted by Gasteiger charge is -2.44. The number of aromatic amines is 1. The van der Waals surface area contributed by atoms with Crippen LogP contribution >= 0.6 is 0 Å². The number of ether oxygens (including phenoxy) is 1. The van der Waals surface area contributed by atoms with Gasteiger partial charge in [0.05, 0.1) is 13.2 Å². The zero-order chi connectivity index (χ0) is 11.5. The van der Waals surface area contributed by atoms with Crippen molar-refractivity contribution in [3.05, 3.63) is 29.5 Å². The van der Waals surface area contributed by atoms with Crippen LogP contribution in [0.3, 0.4) is 0 Å². The lowest BCUT2D eigenvalue weighted by molar-refractivity contribution is 0.0156. The Balaban J connectivity index is 2.04. The summed E-state index contributed by atoms with van der Waals surface area (Å²) in [7, 11) is 5.92. The van der Waals surface area contributed by atoms with E-state index in [-0.39, 0.29) is 5.41 Å². The Labute approximate surface area is 102 Å². The number of hydrogen-bond acceptors (Lipinski definition) is 1. The number of nitrogens with one attached hydrogen (secondary N) is 1. The Morgan fingerprint density at radius 3 is 2.94 bits per heavy atom. The van der Waals surface area contributed by atoms with E-state index >= 15 is 0 Å². The molecule has 0 saturated heterocycles. The van der Waals surface area contributed by atoms with Crippen LogP contribution in [0.2, 0.25) is 0 Å². The van der Waals surface area contributed by atoms with Crippen LogP contribution in [-0.4, -0.2) is 19.4 Å². The SMILES string of the molecule is [B]c1ccc2[nH]c3c(c2c1)C1(CCC1)COC3. The third-order valence-electron chi connectivity index (χ3n) is 4.37. The Bertz CT molecular complexity index is 598. The van der Waals surface area contributed by atoms with Crippen molar-refractivity contribution in [2.24, 2.45) is 0 Å². The molecule has 3 heteroatoms. The van der Waals surface area contributed by atoms with E-state index in [1.807, 2.05) is 6.07 Å². The molecule has 2 radical (unpaired) electrons. The van der Waals surface area contributed by atoms with Gasteiger partial charge in [-0.2, -0.15) is 0 Å². The Kier molecular flexibility index (Phi) is 1.82. The number of fused-ring (bicyclic) bond motifs is 4. The Morgan fingerprint density at radius 1 is 1.29 bits per heavy atom. The van der Waals surface area contributed by atoms with Crippen molar-refractivity contribution in [1.82, 2.24) is 4.98 Å². The molecule has 1 N–H and O–H groups in total. The van der Waals surface area contributed by atoms with Crippen molar-refractivity contribution in [1.29, 1.82) is 0 Å². The van der Waals surface area contributed by atoms with Crippen LogP contribution in [-0.2, 0) is 16.8 Å². The van der Waals surface area contributed by atoms with Gasteiger partial charge in [-0.15, -0.1) is 0 Å². The minimum absolute atomic E-state index is 0.277. The van der Waals surface area contributed by atoms with Gasteiger partial charge in [-0.25, -0.2) is 0 Å². The summed E-state index contributed by atoms with van der Waals surface area (Å²) in [6.07, 6.45) is 3.82. The Hall–Kier alpha value is -1.22. The van der Waals surface area contributed by atoms with E-state index in [1.165, 1.54) is 41.4 Å². The molecule has 0 atom stereocenters. The van der Waals surface area contributed by atoms with Gasteiger partial charge in [0.25, 0.3) is 0 Å². The monoisotopic (exact) mass is 223 g/mol. The van der Waals surface area contributed by atoms with Gasteiger partial charge in [0.1, 0.15) is 7.85 Å². The number of benzene rings is 1. The molecule has 1 fully saturated rings. The molecule has 2 heterocycles. The van der Waals surface area contributed by atoms with E-state index in [9.17, 15) is 0 Å². The number of aromatic nitrogens is 1. The van der Waals surface area contributed by atoms with E-state index in [4.69, 9.17) is 12.6 Å². The summed E-state index contributed by atoms with van der Waals surface area (Å²) in [5.41, 5.74) is 5.06. The van der Waals surface area contributed by atoms with Crippen LogP contribution in [0.1, 0.15) is 30.5 Å². The van der Waals surface area contributed by atoms with E-state index in [0.717, 1.165) is 12.1 Å². The average Bonchev–Trinajstić information content (AvgIpc) is 2.65. The molecule has 1 spiro atoms. The molecule has 1 aromatic heterocycles. The van der Waals surface area contributed by atoms with Crippen molar-refractivity contribution < 1.29 is 4.74 Å². The second-order valence-electron chi connectivity index (χ2n) is 5.41. The smallest absolute Gasteiger partial charge is 0.113 e. The molecule has 84 valence electrons. The first-order chi connectivity index (χ1) is 8.28. The lowest BCUT2D eigenvalue weighted by Crippen LogP contribution is -2.42. The van der Waals surface area contributed by atoms with Crippen molar-refractivity contribution in [3.8, 4) is 0 Å². The molecule has 2 nitrogen and oxygen atoms in total. The highest BCUT2D eigenvalue weighted by atomic mass is 16.5. The standard InChI is InChI=1S/C14H14BNO/c15-9-2-3-11-10(6-9)13-12(16-11)7-17-8-14(13)4-1-5-14/h2-3,6,16H,1,4-5,7-8H2. The van der Waals surface area contributed by atoms with Crippen molar-refractivity contribution in [2.45, 2.75) is 31.3 Å². The maximum atomic E-state index is 5.92. The molecular formula is C14H14BNO. The minimum Gasteiger partial charge on any atom is -0.374 e. The fourth-order valence-electron chi connectivity index (χ4n) is 3.40. The third kappa shape index (κ3) is 1.20. The topological polar surface area (TPSA) is 25.0 Å². The van der Waals surface area contributed by atoms with Gasteiger partial charge < -0.3 is 9.72 Å². The summed E-state index contributed by atoms with van der Waals surface area (Å²) in [5.74, 6) is 0. The summed E-state index contributed by atoms with van der Waals surface area (Å²) in [6.45, 7) is 1.59. The highest BCUT2D eigenvalue weighted by molar-refractivity contribution is 6.33. The normalized spacial score (nSPS) is 21.4. The molecule has 2 aromatic rings. The highest BCUT2D eigenvalue weighted by Crippen LogP contribution is 2.49. The van der Waals surface area contributed by atoms with Gasteiger partial charge in [-0.3, -0.25) is 0 Å². The van der Waals surface area contributed by atoms with Crippen molar-refractivity contribution in [2.75, 3.05) is 6.61 Å². The van der Waals surface area contributed by atoms with Gasteiger partial charge in [-0.1, -0.05) is 24.0 Å². The van der Waals surface area contributed by atoms with Gasteiger partial charge in [-0.05, 0) is 24.5 Å². The molecular weight excluding hydrogens is 209 g/mol. The molecule has 0 bridgehead atoms. The van der Waals surface area contributed by atoms with Crippen LogP contribution in [0.4, 0.5) is 0 Å². The van der Waals surface area contributed by atoms with Crippen molar-refractivity contribution in [3.63, 3.8) is 0 Å². The van der Waals surface area contributed by atoms with E-state index in [0.29, 0.717) is 6.61 Å². The van der Waals surface area contributed by atoms with Gasteiger partial charge in [0.2, 0.25) is 0 Å². The maximum absolute atomic E-state index is 5.92. The average molecular weight is 223 g/mol. The summed E-state index contributed by atoms with van der Waals surface area (Å²) in [4.78, 5) is 3.49. The van der Waals surface area contributed by atoms with Gasteiger partial charge >= 0.3 is 0 Å². The molecule has 4 rings (SSSR count). The maximum Gasteiger partial charge on any atom is 0.113 e. The zero-order valence-corrected chi connectivity index (χ0v) is 9.75. The molecule has 1 aliphatic carbocycles. The fraction of sp³-hybridized carbons (Fsp3) is 0.429. The second kappa shape index (κ2) is 3.17. The van der Waals surface area contributed by atoms with Gasteiger partial charge in [0.15, 0.2) is 0 Å². The summed E-state index contributed by atoms with van der Waals surface area (Å²) < 4.78 is 5.75. The number of H-pyrrole nitrogens is 1. The first-order valence-electron chi connectivity index (χ1n) is 6.27. The van der Waals surface area contributed by atoms with Crippen LogP contribution < -0.4 is 5.46 Å². The first-order valence-corrected chi connectivity index (χ1v) is 6.27. The van der Waals surface area contributed by atoms with Crippen molar-refractivity contribution >= 4 is 24.2 Å². The predicted octanol–water partition coefficient (Wildman–Crippen LogP) is 1.91. The molecule has 17 heavy (non-hydrogen) atoms. The molecule has 1 aromatic carbocycles. The molecule has 1 aliphatic heterocycles. The summed E-state index contributed by atoms with van der Waals surface area (Å²) >= 11 is 0. The number of rotatable bonds is 0. The Morgan fingerprint density at radius 2 is 2.18 bits per heavy atom. The molecule has 0 unspecified atom stereocenters. The van der Waals surface area contributed by atoms with Crippen LogP contribution in [0, 0.1) is 0 Å². The summed E-state index contributed by atoms with van der Waals surface area (Å²) in [6, 6.07) is 6.14. The van der Waals surface area contributed by atoms with Crippen LogP contribution in [0.5, 0.6) is 0 Å². The first kappa shape index (κ1) is 9.78. The quantitative estimate of drug-likeness (QED) is 0.678. The van der Waals surface area contributed by atoms with Crippen LogP contribution in [0.15, 0.2) is 18.2 Å². The zero-order valence-electron chi connectivity index (χ0n) is 9.75. The minimum atomic E-state index is 0.277. The summed E-state index contributed by atoms with van der Waals surface area (Å²) in [5, 5.41) is 1.31. The fourth-order valence-corrected chi connectivity index (χ4v) is 3.40. The predicted molar refractivity (Wildman–Crippen MR) is 68.9 cm³/mol. The van der Waals surface area contributed by atoms with Crippen LogP contribution in [0.25, 0.3) is 10.9 Å². The van der Waals surface area contributed by atoms with E-state index < -0.39 is 0 Å². The molecule has 2 aliphatic rings. The highest BCUT2D eigenvalue weighted by Gasteiger charge is 2.44. The van der Waals surface area contributed by atoms with Gasteiger partial charge in [0, 0.05) is 22.0 Å². The largest absolute Gasteiger partial charge is 0.374 e. The molecule has 1 saturated carbocycles. The second-order valence-corrected chi connectivity index (χ2v) is 5.41. The molecule has 0 amide bonds. The van der Waals surface area contributed by atoms with E-state index in [2.05, 4.69) is 17.1 Å². The lowest BCUT2D eigenvalue weighted by atomic mass is 9.63. The number of hydrogen-bond donors (Lipinski definition) is 1. The van der Waals surface area contributed by atoms with E-state index in [1.54, 1.807) is 0 Å². The third-order valence-corrected chi connectivity index (χ3v) is 4.37.